The van der Waals surface area contributed by atoms with E-state index < -0.39 is 11.9 Å². The quantitative estimate of drug-likeness (QED) is 0.549. The number of aromatic nitrogens is 1. The number of aromatic hydroxyl groups is 1. The lowest BCUT2D eigenvalue weighted by Crippen LogP contribution is -2.27. The number of nitrogens with zero attached hydrogens (tertiary/aromatic N) is 1. The van der Waals surface area contributed by atoms with Gasteiger partial charge in [-0.05, 0) is 41.8 Å². The van der Waals surface area contributed by atoms with Gasteiger partial charge in [0.05, 0.1) is 13.7 Å². The van der Waals surface area contributed by atoms with Crippen LogP contribution in [0.4, 0.5) is 4.39 Å². The summed E-state index contributed by atoms with van der Waals surface area (Å²) < 4.78 is 17.8. The summed E-state index contributed by atoms with van der Waals surface area (Å²) >= 11 is 0. The summed E-state index contributed by atoms with van der Waals surface area (Å²) in [5.41, 5.74) is 1.57. The van der Waals surface area contributed by atoms with E-state index in [1.54, 1.807) is 18.2 Å². The first kappa shape index (κ1) is 20.2. The fraction of sp³-hybridized carbons (Fsp3) is 0.190. The molecule has 3 N–H and O–H groups in total. The number of rotatable bonds is 6. The minimum atomic E-state index is -0.808. The Morgan fingerprint density at radius 3 is 2.52 bits per heavy atom. The second-order valence-electron chi connectivity index (χ2n) is 6.33. The number of phenols is 1. The van der Waals surface area contributed by atoms with E-state index in [4.69, 9.17) is 5.11 Å². The summed E-state index contributed by atoms with van der Waals surface area (Å²) in [6.45, 7) is -0.225. The zero-order valence-electron chi connectivity index (χ0n) is 15.6. The van der Waals surface area contributed by atoms with Crippen LogP contribution in [0.3, 0.4) is 0 Å². The molecule has 0 bridgehead atoms. The molecular weight excluding hydrogens is 379 g/mol. The first-order valence-electron chi connectivity index (χ1n) is 8.81. The van der Waals surface area contributed by atoms with Crippen LogP contribution in [0.5, 0.6) is 5.75 Å². The van der Waals surface area contributed by atoms with Gasteiger partial charge in [-0.2, -0.15) is 0 Å². The molecule has 0 aliphatic carbocycles. The van der Waals surface area contributed by atoms with E-state index >= 15 is 0 Å². The molecule has 0 fully saturated rings. The van der Waals surface area contributed by atoms with Gasteiger partial charge >= 0.3 is 5.97 Å². The van der Waals surface area contributed by atoms with E-state index in [1.807, 2.05) is 0 Å². The van der Waals surface area contributed by atoms with Gasteiger partial charge in [0.1, 0.15) is 16.9 Å². The van der Waals surface area contributed by atoms with E-state index in [-0.39, 0.29) is 41.4 Å². The number of ether oxygens (including phenoxy) is 1. The minimum Gasteiger partial charge on any atom is -0.505 e. The van der Waals surface area contributed by atoms with Crippen molar-refractivity contribution in [3.63, 3.8) is 0 Å². The molecule has 0 aliphatic heterocycles. The van der Waals surface area contributed by atoms with Crippen molar-refractivity contribution < 1.29 is 28.9 Å². The number of benzene rings is 2. The molecule has 0 atom stereocenters. The van der Waals surface area contributed by atoms with Crippen LogP contribution >= 0.6 is 0 Å². The number of esters is 1. The number of phenolic OH excluding ortho intramolecular Hbond substituents is 1. The zero-order chi connectivity index (χ0) is 21.0. The third-order valence-corrected chi connectivity index (χ3v) is 4.37. The van der Waals surface area contributed by atoms with Crippen LogP contribution in [0.25, 0.3) is 10.9 Å². The molecule has 7 nitrogen and oxygen atoms in total. The molecule has 1 heterocycles. The maximum absolute atomic E-state index is 13.1. The Hall–Kier alpha value is -3.52. The van der Waals surface area contributed by atoms with Crippen LogP contribution < -0.4 is 5.32 Å². The van der Waals surface area contributed by atoms with Gasteiger partial charge in [-0.3, -0.25) is 9.78 Å². The van der Waals surface area contributed by atoms with Crippen molar-refractivity contribution in [3.8, 4) is 5.75 Å². The molecule has 0 unspecified atom stereocenters. The molecule has 0 saturated heterocycles. The molecule has 3 rings (SSSR count). The average Bonchev–Trinajstić information content (AvgIpc) is 2.73. The maximum Gasteiger partial charge on any atom is 0.341 e. The lowest BCUT2D eigenvalue weighted by molar-refractivity contribution is 0.0597. The van der Waals surface area contributed by atoms with Gasteiger partial charge in [0.25, 0.3) is 5.91 Å². The summed E-state index contributed by atoms with van der Waals surface area (Å²) in [6, 6.07) is 8.91. The van der Waals surface area contributed by atoms with Crippen molar-refractivity contribution in [1.82, 2.24) is 10.3 Å². The molecule has 8 heteroatoms. The molecular formula is C21H19FN2O5. The lowest BCUT2D eigenvalue weighted by atomic mass is 9.98. The Labute approximate surface area is 165 Å². The smallest absolute Gasteiger partial charge is 0.341 e. The summed E-state index contributed by atoms with van der Waals surface area (Å²) in [6.07, 6.45) is 1.95. The number of hydrogen-bond acceptors (Lipinski definition) is 6. The van der Waals surface area contributed by atoms with E-state index in [0.29, 0.717) is 11.8 Å². The lowest BCUT2D eigenvalue weighted by Gasteiger charge is -2.13. The van der Waals surface area contributed by atoms with E-state index in [9.17, 15) is 19.1 Å². The van der Waals surface area contributed by atoms with Gasteiger partial charge < -0.3 is 20.3 Å². The average molecular weight is 398 g/mol. The number of fused-ring (bicyclic) bond motifs is 1. The van der Waals surface area contributed by atoms with Crippen LogP contribution in [0.15, 0.2) is 42.6 Å². The van der Waals surface area contributed by atoms with Crippen molar-refractivity contribution in [2.75, 3.05) is 20.3 Å². The van der Waals surface area contributed by atoms with E-state index in [2.05, 4.69) is 15.0 Å². The Bertz CT molecular complexity index is 1070. The van der Waals surface area contributed by atoms with Crippen LogP contribution in [0, 0.1) is 5.82 Å². The Balaban J connectivity index is 2.11. The summed E-state index contributed by atoms with van der Waals surface area (Å²) in [4.78, 5) is 28.8. The number of halogens is 1. The number of hydrogen-bond donors (Lipinski definition) is 3. The van der Waals surface area contributed by atoms with Crippen LogP contribution in [0.1, 0.15) is 31.8 Å². The second-order valence-corrected chi connectivity index (χ2v) is 6.33. The first-order chi connectivity index (χ1) is 13.9. The van der Waals surface area contributed by atoms with Crippen molar-refractivity contribution in [1.29, 1.82) is 0 Å². The standard InChI is InChI=1S/C21H19FN2O5/c1-29-21(28)17-10-16(20(27)23-6-7-25)15-9-13(11-24-18(15)19(17)26)8-12-2-4-14(22)5-3-12/h2-5,9-11,25-26H,6-8H2,1H3,(H,23,27). The third-order valence-electron chi connectivity index (χ3n) is 4.37. The molecule has 150 valence electrons. The fourth-order valence-electron chi connectivity index (χ4n) is 2.97. The van der Waals surface area contributed by atoms with Crippen molar-refractivity contribution >= 4 is 22.8 Å². The van der Waals surface area contributed by atoms with Gasteiger partial charge in [0.15, 0.2) is 5.75 Å². The SMILES string of the molecule is COC(=O)c1cc(C(=O)NCCO)c2cc(Cc3ccc(F)cc3)cnc2c1O. The fourth-order valence-corrected chi connectivity index (χ4v) is 2.97. The van der Waals surface area contributed by atoms with Crippen LogP contribution in [0.2, 0.25) is 0 Å². The molecule has 0 spiro atoms. The molecule has 1 amide bonds. The highest BCUT2D eigenvalue weighted by Crippen LogP contribution is 2.32. The maximum atomic E-state index is 13.1. The number of carbonyl (C=O) groups excluding carboxylic acids is 2. The second kappa shape index (κ2) is 8.66. The molecule has 3 aromatic rings. The number of nitrogens with one attached hydrogen (secondary N) is 1. The predicted molar refractivity (Wildman–Crippen MR) is 103 cm³/mol. The molecule has 0 saturated carbocycles. The van der Waals surface area contributed by atoms with Gasteiger partial charge in [0, 0.05) is 23.7 Å². The molecule has 1 aromatic heterocycles. The van der Waals surface area contributed by atoms with Gasteiger partial charge in [-0.1, -0.05) is 12.1 Å². The molecule has 0 aliphatic rings. The highest BCUT2D eigenvalue weighted by atomic mass is 19.1. The Morgan fingerprint density at radius 2 is 1.86 bits per heavy atom. The molecule has 2 aromatic carbocycles. The first-order valence-corrected chi connectivity index (χ1v) is 8.81. The Kier molecular flexibility index (Phi) is 6.04. The Morgan fingerprint density at radius 1 is 1.14 bits per heavy atom. The number of carbonyl (C=O) groups is 2. The van der Waals surface area contributed by atoms with Crippen molar-refractivity contribution in [2.45, 2.75) is 6.42 Å². The number of pyridine rings is 1. The summed E-state index contributed by atoms with van der Waals surface area (Å²) in [5.74, 6) is -2.07. The molecule has 29 heavy (non-hydrogen) atoms. The number of aliphatic hydroxyl groups excluding tert-OH is 1. The largest absolute Gasteiger partial charge is 0.505 e. The number of aliphatic hydroxyl groups is 1. The van der Waals surface area contributed by atoms with Crippen LogP contribution in [-0.4, -0.2) is 47.3 Å². The minimum absolute atomic E-state index is 0.0253. The van der Waals surface area contributed by atoms with Crippen molar-refractivity contribution in [2.24, 2.45) is 0 Å². The van der Waals surface area contributed by atoms with E-state index in [1.165, 1.54) is 24.4 Å². The number of amides is 1. The summed E-state index contributed by atoms with van der Waals surface area (Å²) in [5, 5.41) is 22.3. The van der Waals surface area contributed by atoms with Crippen LogP contribution in [-0.2, 0) is 11.2 Å². The van der Waals surface area contributed by atoms with Gasteiger partial charge in [-0.25, -0.2) is 9.18 Å². The van der Waals surface area contributed by atoms with Gasteiger partial charge in [0.2, 0.25) is 0 Å². The topological polar surface area (TPSA) is 109 Å². The van der Waals surface area contributed by atoms with E-state index in [0.717, 1.165) is 18.2 Å². The highest BCUT2D eigenvalue weighted by molar-refractivity contribution is 6.11. The highest BCUT2D eigenvalue weighted by Gasteiger charge is 2.22. The van der Waals surface area contributed by atoms with Crippen molar-refractivity contribution in [3.05, 3.63) is 70.7 Å². The third kappa shape index (κ3) is 4.33. The monoisotopic (exact) mass is 398 g/mol. The van der Waals surface area contributed by atoms with Gasteiger partial charge in [-0.15, -0.1) is 0 Å². The zero-order valence-corrected chi connectivity index (χ0v) is 15.6. The molecule has 0 radical (unpaired) electrons. The normalized spacial score (nSPS) is 10.7. The number of methoxy groups -OCH3 is 1. The summed E-state index contributed by atoms with van der Waals surface area (Å²) in [7, 11) is 1.16. The predicted octanol–water partition coefficient (Wildman–Crippen LogP) is 2.18.